The molecule has 0 radical (unpaired) electrons. The van der Waals surface area contributed by atoms with Crippen LogP contribution in [0.5, 0.6) is 0 Å². The van der Waals surface area contributed by atoms with Crippen LogP contribution in [0, 0.1) is 0 Å². The fraction of sp³-hybridized carbons (Fsp3) is 0.273. The lowest BCUT2D eigenvalue weighted by molar-refractivity contribution is -0.138. The molecule has 1 atom stereocenters. The van der Waals surface area contributed by atoms with E-state index in [0.29, 0.717) is 11.1 Å². The highest BCUT2D eigenvalue weighted by Crippen LogP contribution is 2.29. The Morgan fingerprint density at radius 1 is 1.12 bits per heavy atom. The lowest BCUT2D eigenvalue weighted by Crippen LogP contribution is -2.17. The minimum atomic E-state index is -0.949. The van der Waals surface area contributed by atoms with Gasteiger partial charge in [0.15, 0.2) is 0 Å². The largest absolute Gasteiger partial charge is 0.481 e. The monoisotopic (exact) mass is 364 g/mol. The Hall–Kier alpha value is -0.880. The zero-order valence-electron chi connectivity index (χ0n) is 8.64. The summed E-state index contributed by atoms with van der Waals surface area (Å²) in [5, 5.41) is 17.7. The molecule has 1 rings (SSSR count). The number of hydrogen-bond acceptors (Lipinski definition) is 2. The van der Waals surface area contributed by atoms with Gasteiger partial charge >= 0.3 is 11.9 Å². The normalized spacial score (nSPS) is 12.4. The standard InChI is InChI=1S/C11H10Br2O4/c12-10(13)9(11(16)17)7-3-1-6(2-4-7)5-8(14)15/h1-4,9-10H,5H2,(H,14,15)(H,16,17). The molecule has 1 aromatic rings. The molecule has 0 amide bonds. The van der Waals surface area contributed by atoms with Crippen molar-refractivity contribution >= 4 is 43.8 Å². The predicted molar refractivity (Wildman–Crippen MR) is 69.8 cm³/mol. The molecular formula is C11H10Br2O4. The second-order valence-electron chi connectivity index (χ2n) is 3.46. The molecule has 0 aliphatic rings. The average Bonchev–Trinajstić information content (AvgIpc) is 2.18. The van der Waals surface area contributed by atoms with Crippen LogP contribution in [-0.2, 0) is 16.0 Å². The van der Waals surface area contributed by atoms with E-state index in [4.69, 9.17) is 10.2 Å². The number of carbonyl (C=O) groups is 2. The van der Waals surface area contributed by atoms with E-state index >= 15 is 0 Å². The van der Waals surface area contributed by atoms with Crippen LogP contribution >= 0.6 is 31.9 Å². The first-order chi connectivity index (χ1) is 7.91. The van der Waals surface area contributed by atoms with Crippen molar-refractivity contribution in [2.75, 3.05) is 0 Å². The van der Waals surface area contributed by atoms with Crippen LogP contribution in [0.25, 0.3) is 0 Å². The van der Waals surface area contributed by atoms with Crippen molar-refractivity contribution in [2.45, 2.75) is 16.1 Å². The van der Waals surface area contributed by atoms with Gasteiger partial charge in [-0.25, -0.2) is 0 Å². The quantitative estimate of drug-likeness (QED) is 0.786. The van der Waals surface area contributed by atoms with Gasteiger partial charge in [-0.1, -0.05) is 56.1 Å². The molecule has 0 spiro atoms. The molecular weight excluding hydrogens is 356 g/mol. The minimum Gasteiger partial charge on any atom is -0.481 e. The number of halogens is 2. The van der Waals surface area contributed by atoms with Gasteiger partial charge in [0.05, 0.1) is 10.2 Å². The Morgan fingerprint density at radius 3 is 2.00 bits per heavy atom. The van der Waals surface area contributed by atoms with Crippen molar-refractivity contribution in [1.82, 2.24) is 0 Å². The van der Waals surface area contributed by atoms with E-state index in [1.807, 2.05) is 0 Å². The fourth-order valence-electron chi connectivity index (χ4n) is 1.41. The third-order valence-electron chi connectivity index (χ3n) is 2.21. The number of hydrogen-bond donors (Lipinski definition) is 2. The maximum Gasteiger partial charge on any atom is 0.313 e. The molecule has 1 aromatic carbocycles. The zero-order valence-corrected chi connectivity index (χ0v) is 11.8. The van der Waals surface area contributed by atoms with E-state index < -0.39 is 17.9 Å². The summed E-state index contributed by atoms with van der Waals surface area (Å²) in [5.41, 5.74) is 1.26. The molecule has 6 heteroatoms. The molecule has 2 N–H and O–H groups in total. The summed E-state index contributed by atoms with van der Waals surface area (Å²) in [6.07, 6.45) is -0.0654. The number of aliphatic carboxylic acids is 2. The summed E-state index contributed by atoms with van der Waals surface area (Å²) in [7, 11) is 0. The van der Waals surface area contributed by atoms with Crippen LogP contribution in [0.1, 0.15) is 17.0 Å². The zero-order chi connectivity index (χ0) is 13.0. The maximum atomic E-state index is 11.0. The minimum absolute atomic E-state index is 0.0654. The van der Waals surface area contributed by atoms with Crippen LogP contribution in [0.2, 0.25) is 0 Å². The van der Waals surface area contributed by atoms with Gasteiger partial charge in [-0.05, 0) is 11.1 Å². The number of carboxylic acid groups (broad SMARTS) is 2. The summed E-state index contributed by atoms with van der Waals surface area (Å²) in [6, 6.07) is 6.52. The van der Waals surface area contributed by atoms with Crippen molar-refractivity contribution in [3.8, 4) is 0 Å². The summed E-state index contributed by atoms with van der Waals surface area (Å²) >= 11 is 6.36. The van der Waals surface area contributed by atoms with Gasteiger partial charge in [0, 0.05) is 0 Å². The molecule has 1 unspecified atom stereocenters. The van der Waals surface area contributed by atoms with E-state index in [2.05, 4.69) is 31.9 Å². The molecule has 0 fully saturated rings. The second kappa shape index (κ2) is 6.16. The summed E-state index contributed by atoms with van der Waals surface area (Å²) in [4.78, 5) is 21.5. The lowest BCUT2D eigenvalue weighted by atomic mass is 9.99. The van der Waals surface area contributed by atoms with Crippen molar-refractivity contribution in [3.63, 3.8) is 0 Å². The smallest absolute Gasteiger partial charge is 0.313 e. The van der Waals surface area contributed by atoms with Gasteiger partial charge in [0.25, 0.3) is 0 Å². The Labute approximate surface area is 115 Å². The summed E-state index contributed by atoms with van der Waals surface area (Å²) in [6.45, 7) is 0. The number of rotatable bonds is 5. The van der Waals surface area contributed by atoms with Crippen molar-refractivity contribution < 1.29 is 19.8 Å². The molecule has 0 aliphatic heterocycles. The SMILES string of the molecule is O=C(O)Cc1ccc(C(C(=O)O)C(Br)Br)cc1. The molecule has 0 saturated heterocycles. The van der Waals surface area contributed by atoms with Crippen LogP contribution < -0.4 is 0 Å². The van der Waals surface area contributed by atoms with E-state index in [-0.39, 0.29) is 10.2 Å². The third kappa shape index (κ3) is 4.12. The van der Waals surface area contributed by atoms with Gasteiger partial charge in [0.1, 0.15) is 5.92 Å². The van der Waals surface area contributed by atoms with E-state index in [1.54, 1.807) is 24.3 Å². The molecule has 92 valence electrons. The number of benzene rings is 1. The topological polar surface area (TPSA) is 74.6 Å². The third-order valence-corrected chi connectivity index (χ3v) is 3.27. The first-order valence-electron chi connectivity index (χ1n) is 4.73. The highest BCUT2D eigenvalue weighted by Gasteiger charge is 2.25. The van der Waals surface area contributed by atoms with Crippen LogP contribution in [0.4, 0.5) is 0 Å². The van der Waals surface area contributed by atoms with Gasteiger partial charge in [-0.2, -0.15) is 0 Å². The van der Waals surface area contributed by atoms with E-state index in [1.165, 1.54) is 0 Å². The molecule has 17 heavy (non-hydrogen) atoms. The van der Waals surface area contributed by atoms with Crippen molar-refractivity contribution in [2.24, 2.45) is 0 Å². The molecule has 0 bridgehead atoms. The highest BCUT2D eigenvalue weighted by molar-refractivity contribution is 9.24. The first-order valence-corrected chi connectivity index (χ1v) is 6.56. The van der Waals surface area contributed by atoms with Crippen molar-refractivity contribution in [3.05, 3.63) is 35.4 Å². The van der Waals surface area contributed by atoms with Crippen LogP contribution in [0.3, 0.4) is 0 Å². The fourth-order valence-corrected chi connectivity index (χ4v) is 2.48. The molecule has 0 saturated carbocycles. The van der Waals surface area contributed by atoms with Gasteiger partial charge in [-0.3, -0.25) is 9.59 Å². The van der Waals surface area contributed by atoms with Gasteiger partial charge in [0.2, 0.25) is 0 Å². The van der Waals surface area contributed by atoms with E-state index in [0.717, 1.165) is 0 Å². The van der Waals surface area contributed by atoms with Crippen LogP contribution in [-0.4, -0.2) is 25.9 Å². The molecule has 0 aromatic heterocycles. The summed E-state index contributed by atoms with van der Waals surface area (Å²) < 4.78 is -0.377. The highest BCUT2D eigenvalue weighted by atomic mass is 79.9. The molecule has 0 heterocycles. The molecule has 4 nitrogen and oxygen atoms in total. The molecule has 0 aliphatic carbocycles. The number of alkyl halides is 2. The average molecular weight is 366 g/mol. The Morgan fingerprint density at radius 2 is 1.65 bits per heavy atom. The van der Waals surface area contributed by atoms with Gasteiger partial charge < -0.3 is 10.2 Å². The predicted octanol–water partition coefficient (Wildman–Crippen LogP) is 2.60. The maximum absolute atomic E-state index is 11.0. The summed E-state index contributed by atoms with van der Waals surface area (Å²) in [5.74, 6) is -2.57. The van der Waals surface area contributed by atoms with Gasteiger partial charge in [-0.15, -0.1) is 0 Å². The Bertz CT molecular complexity index is 414. The second-order valence-corrected chi connectivity index (χ2v) is 6.66. The Kier molecular flexibility index (Phi) is 5.14. The lowest BCUT2D eigenvalue weighted by Gasteiger charge is -2.14. The van der Waals surface area contributed by atoms with Crippen LogP contribution in [0.15, 0.2) is 24.3 Å². The number of carboxylic acids is 2. The van der Waals surface area contributed by atoms with E-state index in [9.17, 15) is 9.59 Å². The first kappa shape index (κ1) is 14.2. The Balaban J connectivity index is 2.92. The van der Waals surface area contributed by atoms with Crippen molar-refractivity contribution in [1.29, 1.82) is 0 Å².